The molecule has 0 amide bonds. The van der Waals surface area contributed by atoms with Gasteiger partial charge < -0.3 is 9.88 Å². The Labute approximate surface area is 187 Å². The number of halogens is 3. The van der Waals surface area contributed by atoms with E-state index in [2.05, 4.69) is 25.7 Å². The van der Waals surface area contributed by atoms with E-state index in [1.54, 1.807) is 6.07 Å². The summed E-state index contributed by atoms with van der Waals surface area (Å²) in [6.45, 7) is 0. The molecule has 10 heteroatoms. The van der Waals surface area contributed by atoms with E-state index in [1.807, 2.05) is 48.3 Å². The van der Waals surface area contributed by atoms with Crippen LogP contribution in [0.25, 0.3) is 10.9 Å². The first-order valence-electron chi connectivity index (χ1n) is 10.6. The Morgan fingerprint density at radius 1 is 1.18 bits per heavy atom. The average Bonchev–Trinajstić information content (AvgIpc) is 3.53. The van der Waals surface area contributed by atoms with E-state index in [4.69, 9.17) is 4.99 Å². The number of hydrogen-bond acceptors (Lipinski definition) is 4. The van der Waals surface area contributed by atoms with Gasteiger partial charge in [0.15, 0.2) is 5.82 Å². The van der Waals surface area contributed by atoms with Gasteiger partial charge in [-0.15, -0.1) is 0 Å². The van der Waals surface area contributed by atoms with Crippen LogP contribution in [0, 0.1) is 0 Å². The van der Waals surface area contributed by atoms with Crippen molar-refractivity contribution in [3.8, 4) is 0 Å². The van der Waals surface area contributed by atoms with Crippen molar-refractivity contribution in [2.75, 3.05) is 5.32 Å². The van der Waals surface area contributed by atoms with Gasteiger partial charge in [-0.05, 0) is 55.5 Å². The van der Waals surface area contributed by atoms with Gasteiger partial charge in [0, 0.05) is 24.8 Å². The van der Waals surface area contributed by atoms with Crippen LogP contribution in [0.3, 0.4) is 0 Å². The third-order valence-electron chi connectivity index (χ3n) is 5.66. The highest BCUT2D eigenvalue weighted by molar-refractivity contribution is 6.14. The topological polar surface area (TPSA) is 86.7 Å². The molecule has 4 aromatic rings. The monoisotopic (exact) mass is 453 g/mol. The van der Waals surface area contributed by atoms with Crippen molar-refractivity contribution >= 4 is 33.8 Å². The Kier molecular flexibility index (Phi) is 5.27. The number of allylic oxidation sites excluding steroid dienone is 2. The van der Waals surface area contributed by atoms with E-state index < -0.39 is 11.9 Å². The molecule has 33 heavy (non-hydrogen) atoms. The first-order valence-corrected chi connectivity index (χ1v) is 10.6. The van der Waals surface area contributed by atoms with E-state index in [9.17, 15) is 13.2 Å². The zero-order chi connectivity index (χ0) is 23.0. The Morgan fingerprint density at radius 3 is 2.79 bits per heavy atom. The molecule has 3 heterocycles. The van der Waals surface area contributed by atoms with Crippen LogP contribution in [0.5, 0.6) is 0 Å². The normalized spacial score (nSPS) is 15.2. The molecule has 3 aromatic heterocycles. The predicted octanol–water partition coefficient (Wildman–Crippen LogP) is 6.01. The van der Waals surface area contributed by atoms with Gasteiger partial charge in [-0.25, -0.2) is 4.99 Å². The van der Waals surface area contributed by atoms with Gasteiger partial charge >= 0.3 is 6.18 Å². The lowest BCUT2D eigenvalue weighted by Gasteiger charge is -2.16. The molecule has 1 aromatic carbocycles. The van der Waals surface area contributed by atoms with Crippen molar-refractivity contribution in [3.05, 3.63) is 65.8 Å². The summed E-state index contributed by atoms with van der Waals surface area (Å²) in [5, 5.41) is 17.1. The molecule has 0 saturated heterocycles. The smallest absolute Gasteiger partial charge is 0.355 e. The number of H-pyrrole nitrogens is 2. The Balaban J connectivity index is 1.59. The van der Waals surface area contributed by atoms with Crippen molar-refractivity contribution in [2.24, 2.45) is 12.0 Å². The van der Waals surface area contributed by atoms with Gasteiger partial charge in [0.1, 0.15) is 5.69 Å². The number of aryl methyl sites for hydroxylation is 1. The molecule has 0 aliphatic heterocycles. The number of nitrogens with one attached hydrogen (secondary N) is 3. The number of benzene rings is 1. The number of alkyl halides is 3. The molecule has 0 saturated carbocycles. The maximum absolute atomic E-state index is 13.6. The summed E-state index contributed by atoms with van der Waals surface area (Å²) in [6.07, 6.45) is 5.90. The molecule has 0 unspecified atom stereocenters. The molecule has 1 aliphatic rings. The summed E-state index contributed by atoms with van der Waals surface area (Å²) < 4.78 is 42.7. The number of fused-ring (bicyclic) bond motifs is 1. The molecule has 0 radical (unpaired) electrons. The summed E-state index contributed by atoms with van der Waals surface area (Å²) in [4.78, 5) is 4.70. The van der Waals surface area contributed by atoms with Crippen LogP contribution in [0.2, 0.25) is 0 Å². The highest BCUT2D eigenvalue weighted by Crippen LogP contribution is 2.35. The molecule has 1 aliphatic carbocycles. The van der Waals surface area contributed by atoms with Crippen molar-refractivity contribution in [1.29, 1.82) is 0 Å². The second-order valence-corrected chi connectivity index (χ2v) is 8.08. The number of nitrogens with zero attached hydrogens (tertiary/aromatic N) is 4. The number of aromatic nitrogens is 5. The average molecular weight is 453 g/mol. The third kappa shape index (κ3) is 4.28. The summed E-state index contributed by atoms with van der Waals surface area (Å²) in [7, 11) is 1.92. The van der Waals surface area contributed by atoms with E-state index >= 15 is 0 Å². The van der Waals surface area contributed by atoms with Gasteiger partial charge in [-0.3, -0.25) is 10.2 Å². The predicted molar refractivity (Wildman–Crippen MR) is 121 cm³/mol. The van der Waals surface area contributed by atoms with Crippen LogP contribution in [-0.4, -0.2) is 30.7 Å². The zero-order valence-electron chi connectivity index (χ0n) is 17.9. The Morgan fingerprint density at radius 2 is 2.06 bits per heavy atom. The van der Waals surface area contributed by atoms with Gasteiger partial charge in [-0.2, -0.15) is 23.4 Å². The van der Waals surface area contributed by atoms with Crippen molar-refractivity contribution < 1.29 is 13.2 Å². The first kappa shape index (κ1) is 21.0. The molecule has 5 rings (SSSR count). The lowest BCUT2D eigenvalue weighted by molar-refractivity contribution is -0.141. The van der Waals surface area contributed by atoms with Gasteiger partial charge in [0.05, 0.1) is 34.4 Å². The fourth-order valence-corrected chi connectivity index (χ4v) is 4.05. The van der Waals surface area contributed by atoms with E-state index in [1.165, 1.54) is 6.20 Å². The van der Waals surface area contributed by atoms with Crippen molar-refractivity contribution in [3.63, 3.8) is 0 Å². The fraction of sp³-hybridized carbons (Fsp3) is 0.261. The molecule has 3 N–H and O–H groups in total. The van der Waals surface area contributed by atoms with Crippen molar-refractivity contribution in [1.82, 2.24) is 25.0 Å². The zero-order valence-corrected chi connectivity index (χ0v) is 17.9. The Hall–Kier alpha value is -3.82. The number of aliphatic imine (C=N–C) groups is 1. The molecule has 170 valence electrons. The van der Waals surface area contributed by atoms with Crippen LogP contribution >= 0.6 is 0 Å². The van der Waals surface area contributed by atoms with Crippen LogP contribution in [0.1, 0.15) is 36.9 Å². The van der Waals surface area contributed by atoms with E-state index in [0.29, 0.717) is 23.6 Å². The SMILES string of the molecule is Cn1ccc(Nc2n[nH]c3ccc(N=C(C4=CCCCC4)c4cn[nH]c4C(F)(F)F)cc23)c1. The summed E-state index contributed by atoms with van der Waals surface area (Å²) >= 11 is 0. The lowest BCUT2D eigenvalue weighted by Crippen LogP contribution is -2.15. The molecule has 0 spiro atoms. The van der Waals surface area contributed by atoms with Crippen molar-refractivity contribution in [2.45, 2.75) is 31.9 Å². The second kappa shape index (κ2) is 8.27. The lowest BCUT2D eigenvalue weighted by atomic mass is 9.92. The van der Waals surface area contributed by atoms with Crippen LogP contribution in [-0.2, 0) is 13.2 Å². The minimum atomic E-state index is -4.55. The van der Waals surface area contributed by atoms with Gasteiger partial charge in [-0.1, -0.05) is 6.08 Å². The molecule has 0 atom stereocenters. The van der Waals surface area contributed by atoms with Crippen LogP contribution in [0.4, 0.5) is 30.4 Å². The largest absolute Gasteiger partial charge is 0.433 e. The second-order valence-electron chi connectivity index (χ2n) is 8.08. The highest BCUT2D eigenvalue weighted by Gasteiger charge is 2.37. The quantitative estimate of drug-likeness (QED) is 0.324. The number of anilines is 2. The van der Waals surface area contributed by atoms with E-state index in [0.717, 1.165) is 41.4 Å². The summed E-state index contributed by atoms with van der Waals surface area (Å²) in [5.41, 5.74) is 2.40. The van der Waals surface area contributed by atoms with Gasteiger partial charge in [0.25, 0.3) is 0 Å². The number of rotatable bonds is 5. The minimum absolute atomic E-state index is 0.0365. The molecule has 0 fully saturated rings. The third-order valence-corrected chi connectivity index (χ3v) is 5.66. The summed E-state index contributed by atoms with van der Waals surface area (Å²) in [6, 6.07) is 7.34. The highest BCUT2D eigenvalue weighted by atomic mass is 19.4. The maximum atomic E-state index is 13.6. The summed E-state index contributed by atoms with van der Waals surface area (Å²) in [5.74, 6) is 0.617. The first-order chi connectivity index (χ1) is 15.9. The standard InChI is InChI=1S/C23H22F3N7/c1-33-10-9-16(13-33)29-22-17-11-15(7-8-19(17)30-32-22)28-20(14-5-3-2-4-6-14)18-12-27-31-21(18)23(24,25)26/h5,7-13H,2-4,6H2,1H3,(H,27,31)(H2,29,30,32). The van der Waals surface area contributed by atoms with Gasteiger partial charge in [0.2, 0.25) is 0 Å². The molecule has 7 nitrogen and oxygen atoms in total. The molecule has 0 bridgehead atoms. The fourth-order valence-electron chi connectivity index (χ4n) is 4.05. The van der Waals surface area contributed by atoms with Crippen LogP contribution < -0.4 is 5.32 Å². The van der Waals surface area contributed by atoms with Crippen LogP contribution in [0.15, 0.2) is 59.5 Å². The Bertz CT molecular complexity index is 1350. The molecular weight excluding hydrogens is 431 g/mol. The number of aromatic amines is 2. The molecular formula is C23H22F3N7. The number of hydrogen-bond donors (Lipinski definition) is 3. The van der Waals surface area contributed by atoms with E-state index in [-0.39, 0.29) is 5.56 Å². The minimum Gasteiger partial charge on any atom is -0.355 e. The maximum Gasteiger partial charge on any atom is 0.433 e.